The SMILES string of the molecule is CN=C(NCC1(Cc2ccccc2)CC1)N1CCN(Cc2cc(C)on2)CC1. The molecule has 0 unspecified atom stereocenters. The molecule has 2 fully saturated rings. The molecule has 0 atom stereocenters. The summed E-state index contributed by atoms with van der Waals surface area (Å²) in [6, 6.07) is 12.9. The summed E-state index contributed by atoms with van der Waals surface area (Å²) >= 11 is 0. The van der Waals surface area contributed by atoms with E-state index in [0.717, 1.165) is 63.1 Å². The third-order valence-electron chi connectivity index (χ3n) is 5.95. The van der Waals surface area contributed by atoms with Gasteiger partial charge in [-0.05, 0) is 37.2 Å². The fraction of sp³-hybridized carbons (Fsp3) is 0.545. The quantitative estimate of drug-likeness (QED) is 0.616. The molecule has 0 amide bonds. The molecule has 1 aromatic heterocycles. The molecule has 0 radical (unpaired) electrons. The molecule has 1 aromatic carbocycles. The Morgan fingerprint density at radius 2 is 1.93 bits per heavy atom. The van der Waals surface area contributed by atoms with Gasteiger partial charge in [-0.1, -0.05) is 35.5 Å². The lowest BCUT2D eigenvalue weighted by molar-refractivity contribution is 0.168. The van der Waals surface area contributed by atoms with Gasteiger partial charge in [0.1, 0.15) is 5.76 Å². The van der Waals surface area contributed by atoms with Crippen molar-refractivity contribution in [2.45, 2.75) is 32.7 Å². The summed E-state index contributed by atoms with van der Waals surface area (Å²) in [7, 11) is 1.89. The summed E-state index contributed by atoms with van der Waals surface area (Å²) < 4.78 is 5.18. The van der Waals surface area contributed by atoms with Gasteiger partial charge >= 0.3 is 0 Å². The Labute approximate surface area is 167 Å². The highest BCUT2D eigenvalue weighted by molar-refractivity contribution is 5.80. The van der Waals surface area contributed by atoms with Crippen LogP contribution in [0.1, 0.15) is 29.9 Å². The third-order valence-corrected chi connectivity index (χ3v) is 5.95. The molecule has 0 spiro atoms. The summed E-state index contributed by atoms with van der Waals surface area (Å²) in [5.74, 6) is 1.92. The molecular weight excluding hydrogens is 350 g/mol. The van der Waals surface area contributed by atoms with E-state index in [1.54, 1.807) is 0 Å². The lowest BCUT2D eigenvalue weighted by Gasteiger charge is -2.36. The van der Waals surface area contributed by atoms with Crippen molar-refractivity contribution < 1.29 is 4.52 Å². The fourth-order valence-electron chi connectivity index (χ4n) is 4.06. The van der Waals surface area contributed by atoms with Crippen molar-refractivity contribution >= 4 is 5.96 Å². The van der Waals surface area contributed by atoms with Gasteiger partial charge < -0.3 is 14.7 Å². The first kappa shape index (κ1) is 19.0. The van der Waals surface area contributed by atoms with Crippen molar-refractivity contribution in [3.05, 3.63) is 53.4 Å². The Balaban J connectivity index is 1.25. The van der Waals surface area contributed by atoms with Crippen molar-refractivity contribution in [2.24, 2.45) is 10.4 Å². The summed E-state index contributed by atoms with van der Waals surface area (Å²) in [5.41, 5.74) is 2.86. The lowest BCUT2D eigenvalue weighted by Crippen LogP contribution is -2.53. The summed E-state index contributed by atoms with van der Waals surface area (Å²) in [4.78, 5) is 9.36. The third kappa shape index (κ3) is 4.73. The first-order chi connectivity index (χ1) is 13.7. The second kappa shape index (κ2) is 8.35. The summed E-state index contributed by atoms with van der Waals surface area (Å²) in [6.45, 7) is 7.81. The van der Waals surface area contributed by atoms with Crippen molar-refractivity contribution in [1.29, 1.82) is 0 Å². The number of rotatable bonds is 6. The van der Waals surface area contributed by atoms with Crippen LogP contribution >= 0.6 is 0 Å². The number of aromatic nitrogens is 1. The number of hydrogen-bond acceptors (Lipinski definition) is 4. The van der Waals surface area contributed by atoms with E-state index < -0.39 is 0 Å². The summed E-state index contributed by atoms with van der Waals surface area (Å²) in [5, 5.41) is 7.77. The number of aryl methyl sites for hydroxylation is 1. The van der Waals surface area contributed by atoms with Crippen molar-refractivity contribution in [3.8, 4) is 0 Å². The van der Waals surface area contributed by atoms with Crippen molar-refractivity contribution in [2.75, 3.05) is 39.8 Å². The Morgan fingerprint density at radius 1 is 1.18 bits per heavy atom. The Kier molecular flexibility index (Phi) is 5.67. The minimum Gasteiger partial charge on any atom is -0.361 e. The van der Waals surface area contributed by atoms with Crippen LogP contribution in [0.15, 0.2) is 45.9 Å². The average molecular weight is 382 g/mol. The molecule has 1 aliphatic heterocycles. The smallest absolute Gasteiger partial charge is 0.193 e. The zero-order valence-electron chi connectivity index (χ0n) is 17.0. The standard InChI is InChI=1S/C22H31N5O/c1-18-14-20(25-28-18)16-26-10-12-27(13-11-26)21(23-2)24-17-22(8-9-22)15-19-6-4-3-5-7-19/h3-7,14H,8-13,15-17H2,1-2H3,(H,23,24). The Hall–Kier alpha value is -2.34. The highest BCUT2D eigenvalue weighted by Gasteiger charge is 2.42. The zero-order chi connectivity index (χ0) is 19.4. The molecule has 4 rings (SSSR count). The van der Waals surface area contributed by atoms with E-state index in [0.29, 0.717) is 5.41 Å². The molecule has 2 aromatic rings. The molecule has 28 heavy (non-hydrogen) atoms. The van der Waals surface area contributed by atoms with Crippen LogP contribution in [-0.4, -0.2) is 60.7 Å². The summed E-state index contributed by atoms with van der Waals surface area (Å²) in [6.07, 6.45) is 3.76. The number of aliphatic imine (C=N–C) groups is 1. The van der Waals surface area contributed by atoms with E-state index in [2.05, 4.69) is 55.6 Å². The van der Waals surface area contributed by atoms with E-state index in [9.17, 15) is 0 Å². The van der Waals surface area contributed by atoms with Crippen LogP contribution in [0.2, 0.25) is 0 Å². The van der Waals surface area contributed by atoms with Gasteiger partial charge in [0.2, 0.25) is 0 Å². The highest BCUT2D eigenvalue weighted by atomic mass is 16.5. The number of benzene rings is 1. The van der Waals surface area contributed by atoms with E-state index >= 15 is 0 Å². The lowest BCUT2D eigenvalue weighted by atomic mass is 9.96. The number of nitrogens with zero attached hydrogens (tertiary/aromatic N) is 4. The van der Waals surface area contributed by atoms with Gasteiger partial charge in [0.15, 0.2) is 5.96 Å². The Morgan fingerprint density at radius 3 is 2.54 bits per heavy atom. The van der Waals surface area contributed by atoms with Crippen LogP contribution in [0.3, 0.4) is 0 Å². The van der Waals surface area contributed by atoms with Crippen LogP contribution in [0.4, 0.5) is 0 Å². The molecule has 1 saturated heterocycles. The molecule has 6 nitrogen and oxygen atoms in total. The minimum absolute atomic E-state index is 0.407. The van der Waals surface area contributed by atoms with E-state index in [1.165, 1.54) is 18.4 Å². The number of nitrogens with one attached hydrogen (secondary N) is 1. The predicted molar refractivity (Wildman–Crippen MR) is 111 cm³/mol. The van der Waals surface area contributed by atoms with Gasteiger partial charge in [-0.3, -0.25) is 9.89 Å². The molecule has 1 aliphatic carbocycles. The molecule has 1 N–H and O–H groups in total. The molecule has 2 heterocycles. The van der Waals surface area contributed by atoms with E-state index in [-0.39, 0.29) is 0 Å². The predicted octanol–water partition coefficient (Wildman–Crippen LogP) is 2.70. The maximum atomic E-state index is 5.18. The van der Waals surface area contributed by atoms with Gasteiger partial charge in [0, 0.05) is 52.4 Å². The maximum absolute atomic E-state index is 5.18. The van der Waals surface area contributed by atoms with Gasteiger partial charge in [0.25, 0.3) is 0 Å². The topological polar surface area (TPSA) is 56.9 Å². The second-order valence-corrected chi connectivity index (χ2v) is 8.26. The minimum atomic E-state index is 0.407. The Bertz CT molecular complexity index is 788. The highest BCUT2D eigenvalue weighted by Crippen LogP contribution is 2.47. The number of guanidine groups is 1. The normalized spacial score (nSPS) is 19.6. The molecule has 1 saturated carbocycles. The van der Waals surface area contributed by atoms with Crippen LogP contribution in [0.25, 0.3) is 0 Å². The number of piperazine rings is 1. The van der Waals surface area contributed by atoms with Crippen LogP contribution in [0.5, 0.6) is 0 Å². The van der Waals surface area contributed by atoms with E-state index in [1.807, 2.05) is 20.0 Å². The first-order valence-electron chi connectivity index (χ1n) is 10.3. The molecule has 6 heteroatoms. The van der Waals surface area contributed by atoms with Gasteiger partial charge in [0.05, 0.1) is 5.69 Å². The van der Waals surface area contributed by atoms with Crippen molar-refractivity contribution in [1.82, 2.24) is 20.3 Å². The van der Waals surface area contributed by atoms with Crippen LogP contribution < -0.4 is 5.32 Å². The van der Waals surface area contributed by atoms with E-state index in [4.69, 9.17) is 4.52 Å². The van der Waals surface area contributed by atoms with Crippen LogP contribution in [-0.2, 0) is 13.0 Å². The van der Waals surface area contributed by atoms with Crippen LogP contribution in [0, 0.1) is 12.3 Å². The second-order valence-electron chi connectivity index (χ2n) is 8.26. The zero-order valence-corrected chi connectivity index (χ0v) is 17.0. The monoisotopic (exact) mass is 381 g/mol. The molecule has 2 aliphatic rings. The largest absolute Gasteiger partial charge is 0.361 e. The first-order valence-corrected chi connectivity index (χ1v) is 10.3. The fourth-order valence-corrected chi connectivity index (χ4v) is 4.06. The molecular formula is C22H31N5O. The van der Waals surface area contributed by atoms with Gasteiger partial charge in [-0.25, -0.2) is 0 Å². The van der Waals surface area contributed by atoms with Gasteiger partial charge in [-0.15, -0.1) is 0 Å². The van der Waals surface area contributed by atoms with Gasteiger partial charge in [-0.2, -0.15) is 0 Å². The average Bonchev–Trinajstić information content (AvgIpc) is 3.35. The number of hydrogen-bond donors (Lipinski definition) is 1. The maximum Gasteiger partial charge on any atom is 0.193 e. The molecule has 150 valence electrons. The molecule has 0 bridgehead atoms. The van der Waals surface area contributed by atoms with Crippen molar-refractivity contribution in [3.63, 3.8) is 0 Å².